The van der Waals surface area contributed by atoms with E-state index in [1.165, 1.54) is 11.3 Å². The fraction of sp³-hybridized carbons (Fsp3) is 0.231. The van der Waals surface area contributed by atoms with Crippen LogP contribution in [-0.2, 0) is 6.54 Å². The first-order chi connectivity index (χ1) is 9.51. The zero-order chi connectivity index (χ0) is 14.7. The lowest BCUT2D eigenvalue weighted by atomic mass is 10.2. The number of rotatable bonds is 4. The molecule has 0 aliphatic heterocycles. The molecular formula is C13H12Cl2N2OS2. The molecule has 106 valence electrons. The van der Waals surface area contributed by atoms with E-state index in [0.29, 0.717) is 31.8 Å². The summed E-state index contributed by atoms with van der Waals surface area (Å²) in [5.74, 6) is 0.0785. The Hall–Kier alpha value is -0.880. The van der Waals surface area contributed by atoms with Gasteiger partial charge in [0.05, 0.1) is 22.3 Å². The molecule has 0 atom stereocenters. The van der Waals surface area contributed by atoms with Crippen molar-refractivity contribution in [1.29, 1.82) is 0 Å². The van der Waals surface area contributed by atoms with Gasteiger partial charge in [-0.3, -0.25) is 4.99 Å². The number of aliphatic imine (C=N–C) groups is 1. The molecule has 1 aromatic carbocycles. The van der Waals surface area contributed by atoms with Crippen molar-refractivity contribution in [3.63, 3.8) is 0 Å². The molecule has 1 aromatic heterocycles. The number of nitrogens with one attached hydrogen (secondary N) is 1. The minimum absolute atomic E-state index is 0.0785. The van der Waals surface area contributed by atoms with Crippen LogP contribution in [0.2, 0.25) is 10.0 Å². The third-order valence-corrected chi connectivity index (χ3v) is 4.68. The number of aromatic amines is 1. The van der Waals surface area contributed by atoms with Crippen molar-refractivity contribution in [3.8, 4) is 5.88 Å². The average Bonchev–Trinajstić information content (AvgIpc) is 2.74. The highest BCUT2D eigenvalue weighted by Crippen LogP contribution is 2.25. The quantitative estimate of drug-likeness (QED) is 0.589. The zero-order valence-corrected chi connectivity index (χ0v) is 13.8. The Labute approximate surface area is 135 Å². The minimum Gasteiger partial charge on any atom is -0.493 e. The number of aromatic hydroxyl groups is 1. The van der Waals surface area contributed by atoms with Crippen molar-refractivity contribution in [2.75, 3.05) is 0 Å². The fourth-order valence-electron chi connectivity index (χ4n) is 1.68. The van der Waals surface area contributed by atoms with Gasteiger partial charge in [-0.15, -0.1) is 0 Å². The molecule has 0 fully saturated rings. The van der Waals surface area contributed by atoms with Gasteiger partial charge in [0.2, 0.25) is 5.88 Å². The Kier molecular flexibility index (Phi) is 5.21. The first kappa shape index (κ1) is 15.5. The van der Waals surface area contributed by atoms with Gasteiger partial charge in [0.15, 0.2) is 3.95 Å². The van der Waals surface area contributed by atoms with Crippen molar-refractivity contribution < 1.29 is 5.11 Å². The lowest BCUT2D eigenvalue weighted by Crippen LogP contribution is -1.98. The van der Waals surface area contributed by atoms with E-state index in [1.54, 1.807) is 12.1 Å². The number of thiazole rings is 1. The monoisotopic (exact) mass is 346 g/mol. The molecule has 0 unspecified atom stereocenters. The molecule has 0 aliphatic rings. The van der Waals surface area contributed by atoms with Gasteiger partial charge >= 0.3 is 0 Å². The van der Waals surface area contributed by atoms with E-state index in [9.17, 15) is 5.11 Å². The van der Waals surface area contributed by atoms with Crippen molar-refractivity contribution in [1.82, 2.24) is 4.98 Å². The zero-order valence-electron chi connectivity index (χ0n) is 10.6. The number of benzene rings is 1. The highest BCUT2D eigenvalue weighted by Gasteiger charge is 2.10. The van der Waals surface area contributed by atoms with Crippen LogP contribution in [0, 0.1) is 3.95 Å². The molecule has 0 amide bonds. The van der Waals surface area contributed by atoms with Crippen LogP contribution in [0.4, 0.5) is 0 Å². The number of nitrogens with zero attached hydrogens (tertiary/aromatic N) is 1. The van der Waals surface area contributed by atoms with E-state index in [-0.39, 0.29) is 5.88 Å². The molecule has 2 aromatic rings. The van der Waals surface area contributed by atoms with E-state index in [4.69, 9.17) is 35.4 Å². The third-order valence-electron chi connectivity index (χ3n) is 2.66. The number of aromatic nitrogens is 1. The van der Waals surface area contributed by atoms with Gasteiger partial charge in [-0.25, -0.2) is 0 Å². The summed E-state index contributed by atoms with van der Waals surface area (Å²) in [4.78, 5) is 7.93. The van der Waals surface area contributed by atoms with Crippen LogP contribution in [0.3, 0.4) is 0 Å². The second-order valence-corrected chi connectivity index (χ2v) is 6.56. The van der Waals surface area contributed by atoms with Crippen molar-refractivity contribution in [2.24, 2.45) is 4.99 Å². The maximum absolute atomic E-state index is 9.78. The normalized spacial score (nSPS) is 11.8. The molecule has 0 bridgehead atoms. The molecule has 20 heavy (non-hydrogen) atoms. The highest BCUT2D eigenvalue weighted by molar-refractivity contribution is 7.73. The largest absolute Gasteiger partial charge is 0.493 e. The molecular weight excluding hydrogens is 335 g/mol. The van der Waals surface area contributed by atoms with Crippen molar-refractivity contribution in [2.45, 2.75) is 19.9 Å². The summed E-state index contributed by atoms with van der Waals surface area (Å²) < 4.78 is 0.535. The van der Waals surface area contributed by atoms with E-state index >= 15 is 0 Å². The van der Waals surface area contributed by atoms with Crippen LogP contribution in [0.1, 0.15) is 23.8 Å². The maximum Gasteiger partial charge on any atom is 0.209 e. The van der Waals surface area contributed by atoms with Gasteiger partial charge in [0.25, 0.3) is 0 Å². The van der Waals surface area contributed by atoms with E-state index < -0.39 is 0 Å². The third kappa shape index (κ3) is 3.61. The number of hydrogen-bond donors (Lipinski definition) is 2. The average molecular weight is 347 g/mol. The van der Waals surface area contributed by atoms with Gasteiger partial charge in [0.1, 0.15) is 4.88 Å². The summed E-state index contributed by atoms with van der Waals surface area (Å²) >= 11 is 18.2. The summed E-state index contributed by atoms with van der Waals surface area (Å²) in [5, 5.41) is 10.8. The fourth-order valence-corrected chi connectivity index (χ4v) is 3.16. The Morgan fingerprint density at radius 3 is 2.70 bits per heavy atom. The predicted molar refractivity (Wildman–Crippen MR) is 88.2 cm³/mol. The van der Waals surface area contributed by atoms with Crippen LogP contribution in [0.5, 0.6) is 5.88 Å². The van der Waals surface area contributed by atoms with Crippen molar-refractivity contribution >= 4 is 52.5 Å². The second kappa shape index (κ2) is 6.72. The Bertz CT molecular complexity index is 707. The highest BCUT2D eigenvalue weighted by atomic mass is 35.5. The standard InChI is InChI=1S/C13H12Cl2N2OS2/c1-2-10(11-12(18)17-13(19)20-11)16-6-7-3-4-8(14)9(15)5-7/h3-5,18H,2,6H2,1H3,(H,17,19). The molecule has 2 rings (SSSR count). The SMILES string of the molecule is CCC(=NCc1ccc(Cl)c(Cl)c1)c1sc(=S)[nH]c1O. The first-order valence-corrected chi connectivity index (χ1v) is 7.89. The Balaban J connectivity index is 2.25. The smallest absolute Gasteiger partial charge is 0.209 e. The summed E-state index contributed by atoms with van der Waals surface area (Å²) in [6.45, 7) is 2.46. The lowest BCUT2D eigenvalue weighted by Gasteiger charge is -2.03. The molecule has 1 heterocycles. The molecule has 0 spiro atoms. The van der Waals surface area contributed by atoms with Gasteiger partial charge < -0.3 is 10.1 Å². The molecule has 0 saturated carbocycles. The predicted octanol–water partition coefficient (Wildman–Crippen LogP) is 5.22. The number of H-pyrrole nitrogens is 1. The summed E-state index contributed by atoms with van der Waals surface area (Å²) in [5.41, 5.74) is 1.77. The number of halogens is 2. The summed E-state index contributed by atoms with van der Waals surface area (Å²) in [6.07, 6.45) is 0.706. The van der Waals surface area contributed by atoms with Gasteiger partial charge in [-0.05, 0) is 36.3 Å². The molecule has 0 radical (unpaired) electrons. The van der Waals surface area contributed by atoms with Crippen LogP contribution in [0.25, 0.3) is 0 Å². The second-order valence-electron chi connectivity index (χ2n) is 4.06. The minimum atomic E-state index is 0.0785. The molecule has 3 nitrogen and oxygen atoms in total. The van der Waals surface area contributed by atoms with Crippen LogP contribution in [0.15, 0.2) is 23.2 Å². The lowest BCUT2D eigenvalue weighted by molar-refractivity contribution is 0.455. The van der Waals surface area contributed by atoms with E-state index in [0.717, 1.165) is 11.3 Å². The van der Waals surface area contributed by atoms with E-state index in [1.807, 2.05) is 13.0 Å². The van der Waals surface area contributed by atoms with Crippen LogP contribution >= 0.6 is 46.8 Å². The van der Waals surface area contributed by atoms with Crippen molar-refractivity contribution in [3.05, 3.63) is 42.6 Å². The Morgan fingerprint density at radius 1 is 1.40 bits per heavy atom. The number of hydrogen-bond acceptors (Lipinski definition) is 4. The molecule has 7 heteroatoms. The topological polar surface area (TPSA) is 48.4 Å². The first-order valence-electron chi connectivity index (χ1n) is 5.91. The summed E-state index contributed by atoms with van der Waals surface area (Å²) in [6, 6.07) is 5.42. The van der Waals surface area contributed by atoms with Crippen LogP contribution in [-0.4, -0.2) is 15.8 Å². The Morgan fingerprint density at radius 2 is 2.15 bits per heavy atom. The van der Waals surface area contributed by atoms with Gasteiger partial charge in [-0.2, -0.15) is 0 Å². The molecule has 0 saturated heterocycles. The van der Waals surface area contributed by atoms with Gasteiger partial charge in [0, 0.05) is 0 Å². The maximum atomic E-state index is 9.78. The van der Waals surface area contributed by atoms with Gasteiger partial charge in [-0.1, -0.05) is 47.5 Å². The molecule has 0 aliphatic carbocycles. The summed E-state index contributed by atoms with van der Waals surface area (Å²) in [7, 11) is 0. The van der Waals surface area contributed by atoms with E-state index in [2.05, 4.69) is 9.98 Å². The molecule has 2 N–H and O–H groups in total. The van der Waals surface area contributed by atoms with Crippen LogP contribution < -0.4 is 0 Å².